The molecule has 0 aliphatic carbocycles. The van der Waals surface area contributed by atoms with E-state index in [2.05, 4.69) is 15.6 Å². The number of halogens is 1. The molecule has 2 amide bonds. The van der Waals surface area contributed by atoms with Crippen LogP contribution in [-0.2, 0) is 12.0 Å². The molecule has 0 atom stereocenters. The highest BCUT2D eigenvalue weighted by molar-refractivity contribution is 5.80. The van der Waals surface area contributed by atoms with Crippen molar-refractivity contribution < 1.29 is 9.18 Å². The van der Waals surface area contributed by atoms with Gasteiger partial charge in [0.05, 0.1) is 6.54 Å². The summed E-state index contributed by atoms with van der Waals surface area (Å²) in [6.45, 7) is 4.77. The van der Waals surface area contributed by atoms with Crippen molar-refractivity contribution in [1.82, 2.24) is 15.6 Å². The van der Waals surface area contributed by atoms with E-state index in [1.165, 1.54) is 12.1 Å². The van der Waals surface area contributed by atoms with Crippen LogP contribution in [0.4, 0.5) is 9.18 Å². The largest absolute Gasteiger partial charge is 0.357 e. The van der Waals surface area contributed by atoms with Gasteiger partial charge in [-0.1, -0.05) is 44.2 Å². The number of aromatic nitrogens is 1. The fraction of sp³-hybridized carbons (Fsp3) is 0.250. The first-order valence-corrected chi connectivity index (χ1v) is 8.28. The maximum atomic E-state index is 13.4. The van der Waals surface area contributed by atoms with Gasteiger partial charge in [0.1, 0.15) is 5.82 Å². The fourth-order valence-corrected chi connectivity index (χ4v) is 2.78. The minimum absolute atomic E-state index is 0.247. The number of urea groups is 1. The highest BCUT2D eigenvalue weighted by Gasteiger charge is 2.21. The fourth-order valence-electron chi connectivity index (χ4n) is 2.78. The second-order valence-electron chi connectivity index (χ2n) is 6.81. The number of hydrogen-bond acceptors (Lipinski definition) is 1. The average Bonchev–Trinajstić information content (AvgIpc) is 3.01. The molecule has 4 nitrogen and oxygen atoms in total. The molecule has 0 bridgehead atoms. The molecular formula is C20H22FN3O. The van der Waals surface area contributed by atoms with Gasteiger partial charge in [-0.15, -0.1) is 0 Å². The van der Waals surface area contributed by atoms with E-state index in [1.54, 1.807) is 6.07 Å². The average molecular weight is 339 g/mol. The van der Waals surface area contributed by atoms with Crippen LogP contribution in [0.1, 0.15) is 25.1 Å². The number of carbonyl (C=O) groups excluding carboxylic acids is 1. The molecule has 5 heteroatoms. The van der Waals surface area contributed by atoms with Crippen molar-refractivity contribution in [1.29, 1.82) is 0 Å². The summed E-state index contributed by atoms with van der Waals surface area (Å²) in [4.78, 5) is 15.3. The second kappa shape index (κ2) is 6.97. The van der Waals surface area contributed by atoms with Crippen LogP contribution in [0.2, 0.25) is 0 Å². The van der Waals surface area contributed by atoms with E-state index in [-0.39, 0.29) is 17.3 Å². The summed E-state index contributed by atoms with van der Waals surface area (Å²) in [6.07, 6.45) is 0. The Bertz CT molecular complexity index is 852. The van der Waals surface area contributed by atoms with Gasteiger partial charge in [-0.2, -0.15) is 0 Å². The van der Waals surface area contributed by atoms with E-state index in [4.69, 9.17) is 0 Å². The maximum absolute atomic E-state index is 13.4. The molecule has 2 aromatic carbocycles. The quantitative estimate of drug-likeness (QED) is 0.644. The van der Waals surface area contributed by atoms with Crippen LogP contribution < -0.4 is 10.6 Å². The third-order valence-electron chi connectivity index (χ3n) is 4.32. The molecule has 0 radical (unpaired) electrons. The van der Waals surface area contributed by atoms with Gasteiger partial charge in [-0.3, -0.25) is 0 Å². The third-order valence-corrected chi connectivity index (χ3v) is 4.32. The van der Waals surface area contributed by atoms with Crippen molar-refractivity contribution in [2.75, 3.05) is 6.54 Å². The van der Waals surface area contributed by atoms with Crippen molar-refractivity contribution in [2.24, 2.45) is 0 Å². The molecular weight excluding hydrogens is 317 g/mol. The van der Waals surface area contributed by atoms with Crippen LogP contribution in [0.5, 0.6) is 0 Å². The Morgan fingerprint density at radius 2 is 1.88 bits per heavy atom. The van der Waals surface area contributed by atoms with E-state index in [1.807, 2.05) is 50.2 Å². The third kappa shape index (κ3) is 4.18. The molecule has 130 valence electrons. The van der Waals surface area contributed by atoms with Crippen molar-refractivity contribution in [3.05, 3.63) is 71.7 Å². The van der Waals surface area contributed by atoms with Gasteiger partial charge in [0, 0.05) is 23.2 Å². The first-order valence-electron chi connectivity index (χ1n) is 8.28. The molecule has 3 rings (SSSR count). The monoisotopic (exact) mass is 339 g/mol. The zero-order valence-corrected chi connectivity index (χ0v) is 14.4. The predicted octanol–water partition coefficient (Wildman–Crippen LogP) is 4.08. The molecule has 0 saturated carbocycles. The van der Waals surface area contributed by atoms with Crippen LogP contribution in [0.25, 0.3) is 10.9 Å². The van der Waals surface area contributed by atoms with E-state index in [9.17, 15) is 9.18 Å². The molecule has 0 unspecified atom stereocenters. The number of amides is 2. The van der Waals surface area contributed by atoms with Gasteiger partial charge in [0.15, 0.2) is 0 Å². The van der Waals surface area contributed by atoms with Gasteiger partial charge in [-0.25, -0.2) is 9.18 Å². The molecule has 3 N–H and O–H groups in total. The van der Waals surface area contributed by atoms with E-state index < -0.39 is 0 Å². The lowest BCUT2D eigenvalue weighted by molar-refractivity contribution is 0.238. The number of H-pyrrole nitrogens is 1. The maximum Gasteiger partial charge on any atom is 0.315 e. The summed E-state index contributed by atoms with van der Waals surface area (Å²) in [5.41, 5.74) is 2.48. The molecule has 0 aliphatic rings. The summed E-state index contributed by atoms with van der Waals surface area (Å²) in [6, 6.07) is 16.2. The normalized spacial score (nSPS) is 11.5. The smallest absolute Gasteiger partial charge is 0.315 e. The number of aromatic amines is 1. The summed E-state index contributed by atoms with van der Waals surface area (Å²) in [5.74, 6) is -0.270. The second-order valence-corrected chi connectivity index (χ2v) is 6.81. The van der Waals surface area contributed by atoms with E-state index in [0.717, 1.165) is 22.2 Å². The summed E-state index contributed by atoms with van der Waals surface area (Å²) >= 11 is 0. The molecule has 0 fully saturated rings. The van der Waals surface area contributed by atoms with Crippen LogP contribution in [0, 0.1) is 5.82 Å². The highest BCUT2D eigenvalue weighted by atomic mass is 19.1. The Balaban J connectivity index is 1.53. The first-order chi connectivity index (χ1) is 11.9. The molecule has 1 heterocycles. The molecule has 0 saturated heterocycles. The first kappa shape index (κ1) is 17.0. The number of hydrogen-bond donors (Lipinski definition) is 3. The molecule has 3 aromatic rings. The summed E-state index contributed by atoms with van der Waals surface area (Å²) in [7, 11) is 0. The van der Waals surface area contributed by atoms with Crippen LogP contribution >= 0.6 is 0 Å². The van der Waals surface area contributed by atoms with Gasteiger partial charge < -0.3 is 15.6 Å². The van der Waals surface area contributed by atoms with Gasteiger partial charge in [-0.05, 0) is 35.2 Å². The van der Waals surface area contributed by atoms with E-state index in [0.29, 0.717) is 13.1 Å². The van der Waals surface area contributed by atoms with Gasteiger partial charge in [0.2, 0.25) is 0 Å². The van der Waals surface area contributed by atoms with Crippen molar-refractivity contribution >= 4 is 16.9 Å². The Labute approximate surface area is 146 Å². The van der Waals surface area contributed by atoms with Crippen molar-refractivity contribution in [3.8, 4) is 0 Å². The lowest BCUT2D eigenvalue weighted by Gasteiger charge is -2.25. The van der Waals surface area contributed by atoms with Crippen LogP contribution in [-0.4, -0.2) is 17.6 Å². The topological polar surface area (TPSA) is 56.9 Å². The lowest BCUT2D eigenvalue weighted by Crippen LogP contribution is -2.42. The molecule has 0 aliphatic heterocycles. The van der Waals surface area contributed by atoms with Crippen LogP contribution in [0.3, 0.4) is 0 Å². The Kier molecular flexibility index (Phi) is 4.74. The SMILES string of the molecule is CC(C)(CNC(=O)NCc1cc2ccccc2[nH]1)c1cccc(F)c1. The zero-order valence-electron chi connectivity index (χ0n) is 14.4. The van der Waals surface area contributed by atoms with Crippen molar-refractivity contribution in [2.45, 2.75) is 25.8 Å². The standard InChI is InChI=1S/C20H22FN3O/c1-20(2,15-7-5-8-16(21)11-15)13-23-19(25)22-12-17-10-14-6-3-4-9-18(14)24-17/h3-11,24H,12-13H2,1-2H3,(H2,22,23,25). The predicted molar refractivity (Wildman–Crippen MR) is 98.0 cm³/mol. The number of benzene rings is 2. The summed E-state index contributed by atoms with van der Waals surface area (Å²) in [5, 5.41) is 6.82. The number of rotatable bonds is 5. The zero-order chi connectivity index (χ0) is 17.9. The molecule has 25 heavy (non-hydrogen) atoms. The van der Waals surface area contributed by atoms with Crippen molar-refractivity contribution in [3.63, 3.8) is 0 Å². The molecule has 1 aromatic heterocycles. The number of carbonyl (C=O) groups is 1. The molecule has 0 spiro atoms. The Hall–Kier alpha value is -2.82. The number of para-hydroxylation sites is 1. The highest BCUT2D eigenvalue weighted by Crippen LogP contribution is 2.22. The Morgan fingerprint density at radius 3 is 2.64 bits per heavy atom. The Morgan fingerprint density at radius 1 is 1.08 bits per heavy atom. The van der Waals surface area contributed by atoms with Crippen LogP contribution in [0.15, 0.2) is 54.6 Å². The van der Waals surface area contributed by atoms with Gasteiger partial charge in [0.25, 0.3) is 0 Å². The lowest BCUT2D eigenvalue weighted by atomic mass is 9.84. The number of fused-ring (bicyclic) bond motifs is 1. The minimum Gasteiger partial charge on any atom is -0.357 e. The number of nitrogens with one attached hydrogen (secondary N) is 3. The van der Waals surface area contributed by atoms with Gasteiger partial charge >= 0.3 is 6.03 Å². The minimum atomic E-state index is -0.361. The summed E-state index contributed by atoms with van der Waals surface area (Å²) < 4.78 is 13.4. The van der Waals surface area contributed by atoms with E-state index >= 15 is 0 Å².